The smallest absolute Gasteiger partial charge is 0.161 e. The van der Waals surface area contributed by atoms with Crippen molar-refractivity contribution in [2.45, 2.75) is 25.8 Å². The van der Waals surface area contributed by atoms with Crippen molar-refractivity contribution in [1.82, 2.24) is 9.55 Å². The molecule has 0 N–H and O–H groups in total. The molecule has 4 aromatic rings. The van der Waals surface area contributed by atoms with E-state index in [-0.39, 0.29) is 11.8 Å². The molecule has 0 aliphatic carbocycles. The van der Waals surface area contributed by atoms with Crippen molar-refractivity contribution >= 4 is 54.3 Å². The molecule has 4 heterocycles. The Kier molecular flexibility index (Phi) is 5.02. The number of benzene rings is 1. The van der Waals surface area contributed by atoms with Crippen LogP contribution in [0.5, 0.6) is 0 Å². The molecule has 5 rings (SSSR count). The van der Waals surface area contributed by atoms with Gasteiger partial charge >= 0.3 is 0 Å². The summed E-state index contributed by atoms with van der Waals surface area (Å²) in [7, 11) is 0. The van der Waals surface area contributed by atoms with Crippen molar-refractivity contribution in [3.63, 3.8) is 0 Å². The van der Waals surface area contributed by atoms with Gasteiger partial charge in [-0.2, -0.15) is 0 Å². The maximum atomic E-state index is 12.1. The fourth-order valence-corrected chi connectivity index (χ4v) is 6.03. The van der Waals surface area contributed by atoms with Gasteiger partial charge in [-0.25, -0.2) is 0 Å². The summed E-state index contributed by atoms with van der Waals surface area (Å²) in [5.74, 6) is 0.503. The van der Waals surface area contributed by atoms with Gasteiger partial charge in [0.15, 0.2) is 5.78 Å². The zero-order valence-corrected chi connectivity index (χ0v) is 18.5. The average molecular weight is 469 g/mol. The van der Waals surface area contributed by atoms with Gasteiger partial charge in [-0.1, -0.05) is 30.3 Å². The first-order valence-electron chi connectivity index (χ1n) is 9.86. The molecule has 6 heteroatoms. The van der Waals surface area contributed by atoms with E-state index in [2.05, 4.69) is 56.9 Å². The van der Waals surface area contributed by atoms with Gasteiger partial charge in [0.25, 0.3) is 0 Å². The quantitative estimate of drug-likeness (QED) is 0.333. The molecular formula is C23H21BrN2O2S. The van der Waals surface area contributed by atoms with E-state index in [0.29, 0.717) is 11.5 Å². The normalized spacial score (nSPS) is 16.5. The second kappa shape index (κ2) is 7.67. The molecule has 1 fully saturated rings. The van der Waals surface area contributed by atoms with Gasteiger partial charge in [-0.15, -0.1) is 11.3 Å². The van der Waals surface area contributed by atoms with Crippen LogP contribution in [0.15, 0.2) is 52.4 Å². The zero-order valence-electron chi connectivity index (χ0n) is 16.1. The van der Waals surface area contributed by atoms with E-state index >= 15 is 0 Å². The number of aromatic nitrogens is 2. The minimum absolute atomic E-state index is 0.0408. The molecule has 0 amide bonds. The summed E-state index contributed by atoms with van der Waals surface area (Å²) in [5, 5.41) is 0. The fraction of sp³-hybridized carbons (Fsp3) is 0.304. The number of hydrogen-bond acceptors (Lipinski definition) is 4. The van der Waals surface area contributed by atoms with Gasteiger partial charge < -0.3 is 9.30 Å². The van der Waals surface area contributed by atoms with Crippen LogP contribution in [0.1, 0.15) is 41.7 Å². The Morgan fingerprint density at radius 1 is 1.21 bits per heavy atom. The van der Waals surface area contributed by atoms with E-state index in [9.17, 15) is 4.79 Å². The summed E-state index contributed by atoms with van der Waals surface area (Å²) in [6.07, 6.45) is 3.74. The number of nitrogens with zero attached hydrogens (tertiary/aromatic N) is 2. The lowest BCUT2D eigenvalue weighted by Gasteiger charge is -2.33. The molecule has 0 radical (unpaired) electrons. The molecule has 1 aliphatic rings. The lowest BCUT2D eigenvalue weighted by molar-refractivity contribution is 0.0553. The molecule has 3 aromatic heterocycles. The van der Waals surface area contributed by atoms with E-state index in [1.165, 1.54) is 11.1 Å². The Bertz CT molecular complexity index is 1190. The molecule has 0 spiro atoms. The Labute approximate surface area is 181 Å². The molecule has 148 valence electrons. The highest BCUT2D eigenvalue weighted by Gasteiger charge is 2.30. The van der Waals surface area contributed by atoms with Crippen LogP contribution in [0.25, 0.3) is 21.3 Å². The first kappa shape index (κ1) is 19.0. The Morgan fingerprint density at radius 2 is 1.97 bits per heavy atom. The maximum absolute atomic E-state index is 12.1. The number of fused-ring (bicyclic) bond motifs is 3. The fourth-order valence-electron chi connectivity index (χ4n) is 4.45. The highest BCUT2D eigenvalue weighted by molar-refractivity contribution is 9.11. The molecule has 1 aromatic carbocycles. The predicted octanol–water partition coefficient (Wildman–Crippen LogP) is 6.23. The predicted molar refractivity (Wildman–Crippen MR) is 121 cm³/mol. The summed E-state index contributed by atoms with van der Waals surface area (Å²) < 4.78 is 10.3. The van der Waals surface area contributed by atoms with Gasteiger partial charge in [0.1, 0.15) is 5.52 Å². The van der Waals surface area contributed by atoms with Crippen molar-refractivity contribution in [2.75, 3.05) is 13.2 Å². The summed E-state index contributed by atoms with van der Waals surface area (Å²) in [6.45, 7) is 3.18. The van der Waals surface area contributed by atoms with Crippen molar-refractivity contribution in [1.29, 1.82) is 0 Å². The Hall–Kier alpha value is -2.02. The first-order chi connectivity index (χ1) is 14.1. The number of thiophene rings is 1. The van der Waals surface area contributed by atoms with E-state index in [0.717, 1.165) is 45.6 Å². The first-order valence-corrected chi connectivity index (χ1v) is 11.5. The van der Waals surface area contributed by atoms with Crippen LogP contribution in [0.3, 0.4) is 0 Å². The van der Waals surface area contributed by atoms with Crippen molar-refractivity contribution in [3.05, 3.63) is 63.6 Å². The van der Waals surface area contributed by atoms with E-state index < -0.39 is 0 Å². The lowest BCUT2D eigenvalue weighted by Crippen LogP contribution is -2.26. The topological polar surface area (TPSA) is 44.1 Å². The van der Waals surface area contributed by atoms with Crippen LogP contribution in [0, 0.1) is 5.92 Å². The molecular weight excluding hydrogens is 448 g/mol. The zero-order chi connectivity index (χ0) is 20.0. The number of halogens is 1. The van der Waals surface area contributed by atoms with Gasteiger partial charge in [0.05, 0.1) is 25.6 Å². The number of carbonyl (C=O) groups excluding carboxylic acids is 1. The number of Topliss-reactive ketones (excluding diaryl/α,β-unsaturated/α-hetero) is 1. The number of ether oxygens (including phenoxy) is 1. The van der Waals surface area contributed by atoms with Crippen LogP contribution in [0.2, 0.25) is 0 Å². The monoisotopic (exact) mass is 468 g/mol. The third-order valence-corrected chi connectivity index (χ3v) is 7.46. The van der Waals surface area contributed by atoms with Gasteiger partial charge in [0, 0.05) is 25.0 Å². The number of ketones is 1. The van der Waals surface area contributed by atoms with Gasteiger partial charge in [-0.05, 0) is 59.3 Å². The standard InChI is InChI=1S/C23H21BrN2O2S/c1-14(27)17-11-18-21(25-13-17)23-19(12-20(24)29-23)26(18)22(15-5-3-2-4-6-15)16-7-9-28-10-8-16/h2-6,11-13,16,22H,7-10H2,1H3. The van der Waals surface area contributed by atoms with Crippen LogP contribution in [-0.4, -0.2) is 28.5 Å². The highest BCUT2D eigenvalue weighted by atomic mass is 79.9. The van der Waals surface area contributed by atoms with Crippen LogP contribution in [-0.2, 0) is 4.74 Å². The minimum Gasteiger partial charge on any atom is -0.381 e. The third-order valence-electron chi connectivity index (χ3n) is 5.82. The summed E-state index contributed by atoms with van der Waals surface area (Å²) >= 11 is 5.37. The second-order valence-corrected chi connectivity index (χ2v) is 10.0. The van der Waals surface area contributed by atoms with E-state index in [1.807, 2.05) is 6.07 Å². The van der Waals surface area contributed by atoms with E-state index in [1.54, 1.807) is 24.5 Å². The SMILES string of the molecule is CC(=O)c1cnc2c3sc(Br)cc3n(C(c3ccccc3)C3CCOCC3)c2c1. The molecule has 1 atom stereocenters. The van der Waals surface area contributed by atoms with Crippen LogP contribution in [0.4, 0.5) is 0 Å². The van der Waals surface area contributed by atoms with Crippen molar-refractivity contribution < 1.29 is 9.53 Å². The Morgan fingerprint density at radius 3 is 2.69 bits per heavy atom. The molecule has 0 bridgehead atoms. The number of hydrogen-bond donors (Lipinski definition) is 0. The maximum Gasteiger partial charge on any atom is 0.161 e. The second-order valence-electron chi connectivity index (χ2n) is 7.59. The number of carbonyl (C=O) groups is 1. The third kappa shape index (κ3) is 3.33. The Balaban J connectivity index is 1.82. The molecule has 0 saturated carbocycles. The summed E-state index contributed by atoms with van der Waals surface area (Å²) in [5.41, 5.74) is 5.11. The summed E-state index contributed by atoms with van der Waals surface area (Å²) in [6, 6.07) is 15.1. The minimum atomic E-state index is 0.0408. The largest absolute Gasteiger partial charge is 0.381 e. The van der Waals surface area contributed by atoms with Gasteiger partial charge in [-0.3, -0.25) is 9.78 Å². The average Bonchev–Trinajstić information content (AvgIpc) is 3.25. The molecule has 1 unspecified atom stereocenters. The molecule has 1 aliphatic heterocycles. The molecule has 1 saturated heterocycles. The molecule has 4 nitrogen and oxygen atoms in total. The van der Waals surface area contributed by atoms with Gasteiger partial charge in [0.2, 0.25) is 0 Å². The highest BCUT2D eigenvalue weighted by Crippen LogP contribution is 2.43. The van der Waals surface area contributed by atoms with Crippen LogP contribution < -0.4 is 0 Å². The van der Waals surface area contributed by atoms with E-state index in [4.69, 9.17) is 9.72 Å². The van der Waals surface area contributed by atoms with Crippen LogP contribution >= 0.6 is 27.3 Å². The lowest BCUT2D eigenvalue weighted by atomic mass is 9.86. The molecule has 29 heavy (non-hydrogen) atoms. The number of rotatable bonds is 4. The van der Waals surface area contributed by atoms with Crippen molar-refractivity contribution in [2.24, 2.45) is 5.92 Å². The van der Waals surface area contributed by atoms with Crippen molar-refractivity contribution in [3.8, 4) is 0 Å². The summed E-state index contributed by atoms with van der Waals surface area (Å²) in [4.78, 5) is 16.8. The number of pyridine rings is 1.